The molecule has 0 N–H and O–H groups in total. The second-order valence-corrected chi connectivity index (χ2v) is 6.01. The Morgan fingerprint density at radius 1 is 1.08 bits per heavy atom. The zero-order chi connectivity index (χ0) is 19.2. The molecule has 8 heteroatoms. The number of esters is 1. The SMILES string of the molecule is COC(=O)C(Cc1cc(OC)c(OC)cc1F)=NC(=O)OC(C)(C)C. The lowest BCUT2D eigenvalue weighted by Gasteiger charge is -2.17. The van der Waals surface area contributed by atoms with Crippen LogP contribution in [0.15, 0.2) is 17.1 Å². The number of nitrogens with zero attached hydrogens (tertiary/aromatic N) is 1. The van der Waals surface area contributed by atoms with Crippen LogP contribution in [0.25, 0.3) is 0 Å². The number of carbonyl (C=O) groups excluding carboxylic acids is 2. The van der Waals surface area contributed by atoms with Crippen LogP contribution in [0, 0.1) is 5.82 Å². The molecule has 0 radical (unpaired) electrons. The monoisotopic (exact) mass is 355 g/mol. The van der Waals surface area contributed by atoms with Crippen LogP contribution in [0.2, 0.25) is 0 Å². The first kappa shape index (κ1) is 20.4. The minimum Gasteiger partial charge on any atom is -0.493 e. The van der Waals surface area contributed by atoms with Crippen molar-refractivity contribution < 1.29 is 32.9 Å². The molecule has 0 aliphatic heterocycles. The lowest BCUT2D eigenvalue weighted by atomic mass is 10.1. The lowest BCUT2D eigenvalue weighted by Crippen LogP contribution is -2.25. The van der Waals surface area contributed by atoms with Crippen molar-refractivity contribution in [1.29, 1.82) is 0 Å². The van der Waals surface area contributed by atoms with Crippen molar-refractivity contribution in [2.45, 2.75) is 32.8 Å². The molecule has 0 bridgehead atoms. The van der Waals surface area contributed by atoms with E-state index < -0.39 is 23.5 Å². The lowest BCUT2D eigenvalue weighted by molar-refractivity contribution is -0.132. The maximum atomic E-state index is 14.2. The third-order valence-corrected chi connectivity index (χ3v) is 2.95. The van der Waals surface area contributed by atoms with Gasteiger partial charge in [-0.3, -0.25) is 0 Å². The summed E-state index contributed by atoms with van der Waals surface area (Å²) in [4.78, 5) is 27.3. The number of hydrogen-bond donors (Lipinski definition) is 0. The predicted molar refractivity (Wildman–Crippen MR) is 88.9 cm³/mol. The molecule has 0 saturated carbocycles. The Morgan fingerprint density at radius 3 is 2.12 bits per heavy atom. The van der Waals surface area contributed by atoms with Crippen LogP contribution in [0.4, 0.5) is 9.18 Å². The molecule has 1 amide bonds. The maximum Gasteiger partial charge on any atom is 0.434 e. The average Bonchev–Trinajstić information content (AvgIpc) is 2.52. The number of hydrogen-bond acceptors (Lipinski definition) is 6. The van der Waals surface area contributed by atoms with Gasteiger partial charge in [-0.25, -0.2) is 14.0 Å². The summed E-state index contributed by atoms with van der Waals surface area (Å²) in [6.45, 7) is 4.98. The van der Waals surface area contributed by atoms with E-state index in [1.165, 1.54) is 20.3 Å². The molecule has 0 aliphatic carbocycles. The van der Waals surface area contributed by atoms with Gasteiger partial charge in [-0.1, -0.05) is 0 Å². The van der Waals surface area contributed by atoms with E-state index in [9.17, 15) is 14.0 Å². The summed E-state index contributed by atoms with van der Waals surface area (Å²) in [5, 5.41) is 0. The van der Waals surface area contributed by atoms with E-state index >= 15 is 0 Å². The minimum absolute atomic E-state index is 0.0883. The van der Waals surface area contributed by atoms with Gasteiger partial charge in [0.15, 0.2) is 11.5 Å². The largest absolute Gasteiger partial charge is 0.493 e. The molecule has 0 unspecified atom stereocenters. The van der Waals surface area contributed by atoms with Gasteiger partial charge in [0.1, 0.15) is 17.1 Å². The first-order chi connectivity index (χ1) is 11.6. The van der Waals surface area contributed by atoms with Crippen molar-refractivity contribution in [3.05, 3.63) is 23.5 Å². The number of benzene rings is 1. The van der Waals surface area contributed by atoms with Gasteiger partial charge >= 0.3 is 12.1 Å². The third-order valence-electron chi connectivity index (χ3n) is 2.95. The highest BCUT2D eigenvalue weighted by molar-refractivity contribution is 6.38. The van der Waals surface area contributed by atoms with E-state index in [0.29, 0.717) is 0 Å². The summed E-state index contributed by atoms with van der Waals surface area (Å²) < 4.78 is 34.0. The van der Waals surface area contributed by atoms with Crippen LogP contribution in [-0.4, -0.2) is 44.7 Å². The van der Waals surface area contributed by atoms with Gasteiger partial charge < -0.3 is 18.9 Å². The van der Waals surface area contributed by atoms with Crippen LogP contribution < -0.4 is 9.47 Å². The summed E-state index contributed by atoms with van der Waals surface area (Å²) in [6, 6.07) is 2.48. The smallest absolute Gasteiger partial charge is 0.434 e. The van der Waals surface area contributed by atoms with Gasteiger partial charge in [0.05, 0.1) is 21.3 Å². The van der Waals surface area contributed by atoms with E-state index in [2.05, 4.69) is 9.73 Å². The van der Waals surface area contributed by atoms with E-state index in [1.807, 2.05) is 0 Å². The number of halogens is 1. The highest BCUT2D eigenvalue weighted by atomic mass is 19.1. The van der Waals surface area contributed by atoms with Crippen molar-refractivity contribution in [3.8, 4) is 11.5 Å². The first-order valence-corrected chi connectivity index (χ1v) is 7.40. The number of ether oxygens (including phenoxy) is 4. The standard InChI is InChI=1S/C17H22FNO6/c1-17(2,3)25-16(21)19-12(15(20)24-6)7-10-8-13(22-4)14(23-5)9-11(10)18/h8-9H,7H2,1-6H3. The fraction of sp³-hybridized carbons (Fsp3) is 0.471. The molecule has 0 fully saturated rings. The van der Waals surface area contributed by atoms with Crippen molar-refractivity contribution in [1.82, 2.24) is 0 Å². The zero-order valence-electron chi connectivity index (χ0n) is 15.1. The Bertz CT molecular complexity index is 678. The highest BCUT2D eigenvalue weighted by Crippen LogP contribution is 2.30. The molecule has 0 aliphatic rings. The van der Waals surface area contributed by atoms with Gasteiger partial charge in [-0.2, -0.15) is 4.99 Å². The topological polar surface area (TPSA) is 83.4 Å². The van der Waals surface area contributed by atoms with E-state index in [4.69, 9.17) is 14.2 Å². The Balaban J connectivity index is 3.19. The Kier molecular flexibility index (Phi) is 6.90. The van der Waals surface area contributed by atoms with Crippen molar-refractivity contribution >= 4 is 17.8 Å². The molecular formula is C17H22FNO6. The molecule has 25 heavy (non-hydrogen) atoms. The molecule has 0 spiro atoms. The molecule has 0 saturated heterocycles. The van der Waals surface area contributed by atoms with Gasteiger partial charge in [0.2, 0.25) is 0 Å². The number of carbonyl (C=O) groups is 2. The molecule has 0 heterocycles. The Labute approximate surface area is 145 Å². The number of rotatable bonds is 5. The van der Waals surface area contributed by atoms with Crippen molar-refractivity contribution in [3.63, 3.8) is 0 Å². The van der Waals surface area contributed by atoms with Crippen molar-refractivity contribution in [2.24, 2.45) is 4.99 Å². The molecule has 7 nitrogen and oxygen atoms in total. The molecule has 1 aromatic carbocycles. The van der Waals surface area contributed by atoms with Crippen LogP contribution in [-0.2, 0) is 20.7 Å². The summed E-state index contributed by atoms with van der Waals surface area (Å²) >= 11 is 0. The Hall–Kier alpha value is -2.64. The van der Waals surface area contributed by atoms with Crippen molar-refractivity contribution in [2.75, 3.05) is 21.3 Å². The van der Waals surface area contributed by atoms with E-state index in [0.717, 1.165) is 13.2 Å². The van der Waals surface area contributed by atoms with Gasteiger partial charge in [-0.15, -0.1) is 0 Å². The Morgan fingerprint density at radius 2 is 1.64 bits per heavy atom. The molecule has 1 aromatic rings. The number of amides is 1. The average molecular weight is 355 g/mol. The predicted octanol–water partition coefficient (Wildman–Crippen LogP) is 2.93. The summed E-state index contributed by atoms with van der Waals surface area (Å²) in [6.07, 6.45) is -1.24. The molecule has 138 valence electrons. The molecule has 0 atom stereocenters. The van der Waals surface area contributed by atoms with Crippen LogP contribution >= 0.6 is 0 Å². The van der Waals surface area contributed by atoms with Gasteiger partial charge in [-0.05, 0) is 32.4 Å². The maximum absolute atomic E-state index is 14.2. The minimum atomic E-state index is -0.964. The van der Waals surface area contributed by atoms with Crippen LogP contribution in [0.1, 0.15) is 26.3 Å². The summed E-state index contributed by atoms with van der Waals surface area (Å²) in [5.74, 6) is -1.02. The highest BCUT2D eigenvalue weighted by Gasteiger charge is 2.22. The third kappa shape index (κ3) is 6.06. The van der Waals surface area contributed by atoms with Gasteiger partial charge in [0, 0.05) is 12.5 Å². The quantitative estimate of drug-likeness (QED) is 0.596. The normalized spacial score (nSPS) is 11.7. The zero-order valence-corrected chi connectivity index (χ0v) is 15.1. The molecular weight excluding hydrogens is 333 g/mol. The van der Waals surface area contributed by atoms with E-state index in [-0.39, 0.29) is 29.2 Å². The van der Waals surface area contributed by atoms with Crippen LogP contribution in [0.5, 0.6) is 11.5 Å². The molecule has 1 rings (SSSR count). The first-order valence-electron chi connectivity index (χ1n) is 7.40. The molecule has 0 aromatic heterocycles. The fourth-order valence-electron chi connectivity index (χ4n) is 1.88. The summed E-state index contributed by atoms with van der Waals surface area (Å²) in [7, 11) is 3.91. The number of methoxy groups -OCH3 is 3. The summed E-state index contributed by atoms with van der Waals surface area (Å²) in [5.41, 5.74) is -0.982. The van der Waals surface area contributed by atoms with E-state index in [1.54, 1.807) is 20.8 Å². The second-order valence-electron chi connectivity index (χ2n) is 6.01. The number of aliphatic imine (C=N–C) groups is 1. The fourth-order valence-corrected chi connectivity index (χ4v) is 1.88. The van der Waals surface area contributed by atoms with Crippen LogP contribution in [0.3, 0.4) is 0 Å². The second kappa shape index (κ2) is 8.46. The van der Waals surface area contributed by atoms with Gasteiger partial charge in [0.25, 0.3) is 0 Å².